The summed E-state index contributed by atoms with van der Waals surface area (Å²) in [6.07, 6.45) is 0. The molecule has 0 spiro atoms. The van der Waals surface area contributed by atoms with Crippen molar-refractivity contribution in [2.45, 2.75) is 6.92 Å². The second kappa shape index (κ2) is 6.54. The third-order valence-corrected chi connectivity index (χ3v) is 2.21. The van der Waals surface area contributed by atoms with Gasteiger partial charge in [0.1, 0.15) is 11.5 Å². The van der Waals surface area contributed by atoms with Crippen LogP contribution >= 0.6 is 0 Å². The number of methoxy groups -OCH3 is 2. The van der Waals surface area contributed by atoms with Crippen LogP contribution in [0.25, 0.3) is 0 Å². The average molecular weight is 250 g/mol. The van der Waals surface area contributed by atoms with Crippen molar-refractivity contribution in [1.82, 2.24) is 5.32 Å². The molecule has 98 valence electrons. The molecule has 5 nitrogen and oxygen atoms in total. The first-order valence-electron chi connectivity index (χ1n) is 5.48. The average Bonchev–Trinajstić information content (AvgIpc) is 2.36. The molecule has 0 saturated heterocycles. The standard InChI is InChI=1S/C13H18N2O3/c1-9(2)8-14-13(16)15-11-7-10(17-3)5-6-12(11)18-4/h5-7H,1,8H2,2-4H3,(H2,14,15,16). The molecule has 2 N–H and O–H groups in total. The van der Waals surface area contributed by atoms with Gasteiger partial charge < -0.3 is 20.1 Å². The Morgan fingerprint density at radius 1 is 1.33 bits per heavy atom. The Kier molecular flexibility index (Phi) is 5.05. The van der Waals surface area contributed by atoms with Crippen molar-refractivity contribution < 1.29 is 14.3 Å². The SMILES string of the molecule is C=C(C)CNC(=O)Nc1cc(OC)ccc1OC. The van der Waals surface area contributed by atoms with Crippen molar-refractivity contribution in [3.8, 4) is 11.5 Å². The van der Waals surface area contributed by atoms with Crippen molar-refractivity contribution in [2.24, 2.45) is 0 Å². The molecule has 0 radical (unpaired) electrons. The van der Waals surface area contributed by atoms with E-state index < -0.39 is 0 Å². The summed E-state index contributed by atoms with van der Waals surface area (Å²) >= 11 is 0. The molecule has 0 aromatic heterocycles. The monoisotopic (exact) mass is 250 g/mol. The minimum atomic E-state index is -0.315. The predicted molar refractivity (Wildman–Crippen MR) is 71.4 cm³/mol. The molecule has 18 heavy (non-hydrogen) atoms. The van der Waals surface area contributed by atoms with Gasteiger partial charge in [0, 0.05) is 12.6 Å². The highest BCUT2D eigenvalue weighted by Crippen LogP contribution is 2.28. The normalized spacial score (nSPS) is 9.50. The minimum Gasteiger partial charge on any atom is -0.497 e. The van der Waals surface area contributed by atoms with Crippen LogP contribution in [0.5, 0.6) is 11.5 Å². The van der Waals surface area contributed by atoms with Crippen LogP contribution in [0.3, 0.4) is 0 Å². The largest absolute Gasteiger partial charge is 0.497 e. The van der Waals surface area contributed by atoms with E-state index in [0.29, 0.717) is 23.7 Å². The van der Waals surface area contributed by atoms with Gasteiger partial charge in [-0.3, -0.25) is 0 Å². The predicted octanol–water partition coefficient (Wildman–Crippen LogP) is 2.40. The van der Waals surface area contributed by atoms with E-state index in [1.54, 1.807) is 32.4 Å². The number of urea groups is 1. The number of benzene rings is 1. The topological polar surface area (TPSA) is 59.6 Å². The summed E-state index contributed by atoms with van der Waals surface area (Å²) < 4.78 is 10.2. The van der Waals surface area contributed by atoms with Crippen molar-refractivity contribution >= 4 is 11.7 Å². The highest BCUT2D eigenvalue weighted by atomic mass is 16.5. The Morgan fingerprint density at radius 2 is 2.06 bits per heavy atom. The molecule has 0 aliphatic heterocycles. The Hall–Kier alpha value is -2.17. The second-order valence-corrected chi connectivity index (χ2v) is 3.83. The third kappa shape index (κ3) is 4.01. The summed E-state index contributed by atoms with van der Waals surface area (Å²) in [6.45, 7) is 5.98. The van der Waals surface area contributed by atoms with E-state index in [2.05, 4.69) is 17.2 Å². The molecule has 0 aliphatic carbocycles. The summed E-state index contributed by atoms with van der Waals surface area (Å²) in [5.41, 5.74) is 1.43. The van der Waals surface area contributed by atoms with E-state index in [1.807, 2.05) is 6.92 Å². The lowest BCUT2D eigenvalue weighted by molar-refractivity contribution is 0.252. The fourth-order valence-electron chi connectivity index (χ4n) is 1.31. The maximum absolute atomic E-state index is 11.6. The first-order valence-corrected chi connectivity index (χ1v) is 5.48. The van der Waals surface area contributed by atoms with Crippen molar-refractivity contribution in [2.75, 3.05) is 26.1 Å². The number of nitrogens with one attached hydrogen (secondary N) is 2. The van der Waals surface area contributed by atoms with E-state index in [-0.39, 0.29) is 6.03 Å². The highest BCUT2D eigenvalue weighted by Gasteiger charge is 2.08. The smallest absolute Gasteiger partial charge is 0.319 e. The molecule has 0 heterocycles. The molecule has 0 aliphatic rings. The molecule has 0 saturated carbocycles. The number of carbonyl (C=O) groups is 1. The van der Waals surface area contributed by atoms with Gasteiger partial charge in [0.05, 0.1) is 19.9 Å². The Labute approximate surface area is 107 Å². The van der Waals surface area contributed by atoms with Crippen LogP contribution in [0.2, 0.25) is 0 Å². The van der Waals surface area contributed by atoms with E-state index in [0.717, 1.165) is 5.57 Å². The van der Waals surface area contributed by atoms with Crippen LogP contribution < -0.4 is 20.1 Å². The van der Waals surface area contributed by atoms with Gasteiger partial charge in [0.25, 0.3) is 0 Å². The zero-order chi connectivity index (χ0) is 13.5. The number of carbonyl (C=O) groups excluding carboxylic acids is 1. The summed E-state index contributed by atoms with van der Waals surface area (Å²) in [5.74, 6) is 1.22. The Balaban J connectivity index is 2.75. The van der Waals surface area contributed by atoms with E-state index in [4.69, 9.17) is 9.47 Å². The van der Waals surface area contributed by atoms with Crippen molar-refractivity contribution in [3.63, 3.8) is 0 Å². The summed E-state index contributed by atoms with van der Waals surface area (Å²) in [7, 11) is 3.10. The van der Waals surface area contributed by atoms with Gasteiger partial charge in [0.15, 0.2) is 0 Å². The summed E-state index contributed by atoms with van der Waals surface area (Å²) in [5, 5.41) is 5.37. The fraction of sp³-hybridized carbons (Fsp3) is 0.308. The molecule has 2 amide bonds. The maximum Gasteiger partial charge on any atom is 0.319 e. The van der Waals surface area contributed by atoms with Crippen LogP contribution in [0, 0.1) is 0 Å². The van der Waals surface area contributed by atoms with Gasteiger partial charge in [-0.25, -0.2) is 4.79 Å². The maximum atomic E-state index is 11.6. The molecular weight excluding hydrogens is 232 g/mol. The fourth-order valence-corrected chi connectivity index (χ4v) is 1.31. The van der Waals surface area contributed by atoms with Gasteiger partial charge >= 0.3 is 6.03 Å². The van der Waals surface area contributed by atoms with Crippen molar-refractivity contribution in [3.05, 3.63) is 30.4 Å². The lowest BCUT2D eigenvalue weighted by Crippen LogP contribution is -2.30. The molecular formula is C13H18N2O3. The zero-order valence-corrected chi connectivity index (χ0v) is 10.9. The second-order valence-electron chi connectivity index (χ2n) is 3.83. The number of amides is 2. The van der Waals surface area contributed by atoms with E-state index in [1.165, 1.54) is 0 Å². The van der Waals surface area contributed by atoms with E-state index >= 15 is 0 Å². The van der Waals surface area contributed by atoms with Crippen molar-refractivity contribution in [1.29, 1.82) is 0 Å². The van der Waals surface area contributed by atoms with Gasteiger partial charge in [-0.2, -0.15) is 0 Å². The molecule has 0 fully saturated rings. The zero-order valence-electron chi connectivity index (χ0n) is 10.9. The quantitative estimate of drug-likeness (QED) is 0.789. The number of anilines is 1. The minimum absolute atomic E-state index is 0.315. The molecule has 1 aromatic carbocycles. The van der Waals surface area contributed by atoms with Crippen LogP contribution in [0.15, 0.2) is 30.4 Å². The lowest BCUT2D eigenvalue weighted by Gasteiger charge is -2.12. The first-order chi connectivity index (χ1) is 8.56. The molecule has 0 bridgehead atoms. The lowest BCUT2D eigenvalue weighted by atomic mass is 10.2. The molecule has 0 unspecified atom stereocenters. The number of ether oxygens (including phenoxy) is 2. The molecule has 0 atom stereocenters. The number of hydrogen-bond donors (Lipinski definition) is 2. The van der Waals surface area contributed by atoms with Crippen LogP contribution in [0.4, 0.5) is 10.5 Å². The van der Waals surface area contributed by atoms with E-state index in [9.17, 15) is 4.79 Å². The highest BCUT2D eigenvalue weighted by molar-refractivity contribution is 5.91. The van der Waals surface area contributed by atoms with Gasteiger partial charge in [0.2, 0.25) is 0 Å². The van der Waals surface area contributed by atoms with Crippen LogP contribution in [0.1, 0.15) is 6.92 Å². The van der Waals surface area contributed by atoms with Gasteiger partial charge in [-0.1, -0.05) is 12.2 Å². The Morgan fingerprint density at radius 3 is 2.61 bits per heavy atom. The van der Waals surface area contributed by atoms with Crippen LogP contribution in [-0.2, 0) is 0 Å². The number of rotatable bonds is 5. The Bertz CT molecular complexity index is 444. The number of hydrogen-bond acceptors (Lipinski definition) is 3. The molecule has 1 rings (SSSR count). The van der Waals surface area contributed by atoms with Gasteiger partial charge in [-0.15, -0.1) is 0 Å². The first kappa shape index (κ1) is 13.9. The van der Waals surface area contributed by atoms with Crippen LogP contribution in [-0.4, -0.2) is 26.8 Å². The van der Waals surface area contributed by atoms with Gasteiger partial charge in [-0.05, 0) is 19.1 Å². The molecule has 1 aromatic rings. The summed E-state index contributed by atoms with van der Waals surface area (Å²) in [6, 6.07) is 4.87. The third-order valence-electron chi connectivity index (χ3n) is 2.21. The summed E-state index contributed by atoms with van der Waals surface area (Å²) in [4.78, 5) is 11.6. The molecule has 5 heteroatoms.